The highest BCUT2D eigenvalue weighted by Gasteiger charge is 2.31. The van der Waals surface area contributed by atoms with Crippen molar-refractivity contribution < 1.29 is 9.18 Å². The zero-order valence-corrected chi connectivity index (χ0v) is 15.8. The van der Waals surface area contributed by atoms with E-state index in [1.54, 1.807) is 12.1 Å². The van der Waals surface area contributed by atoms with E-state index in [9.17, 15) is 9.18 Å². The van der Waals surface area contributed by atoms with E-state index in [2.05, 4.69) is 20.6 Å². The second kappa shape index (κ2) is 8.25. The number of carbonyl (C=O) groups is 1. The number of alkyl halides is 1. The summed E-state index contributed by atoms with van der Waals surface area (Å²) in [5, 5.41) is 15.8. The van der Waals surface area contributed by atoms with Gasteiger partial charge in [-0.1, -0.05) is 29.9 Å². The lowest BCUT2D eigenvalue weighted by Gasteiger charge is -2.22. The van der Waals surface area contributed by atoms with Crippen molar-refractivity contribution in [2.75, 3.05) is 11.9 Å². The minimum Gasteiger partial charge on any atom is -0.305 e. The number of anilines is 1. The lowest BCUT2D eigenvalue weighted by atomic mass is 9.96. The van der Waals surface area contributed by atoms with Gasteiger partial charge in [0.2, 0.25) is 5.91 Å². The number of nitriles is 1. The van der Waals surface area contributed by atoms with Gasteiger partial charge in [0.15, 0.2) is 5.13 Å². The van der Waals surface area contributed by atoms with Gasteiger partial charge in [-0.15, -0.1) is 0 Å². The summed E-state index contributed by atoms with van der Waals surface area (Å²) in [6, 6.07) is 5.45. The molecule has 2 heterocycles. The molecule has 9 heteroatoms. The highest BCUT2D eigenvalue weighted by atomic mass is 35.5. The Morgan fingerprint density at radius 1 is 1.46 bits per heavy atom. The van der Waals surface area contributed by atoms with Crippen LogP contribution in [-0.2, 0) is 4.79 Å². The van der Waals surface area contributed by atoms with Crippen LogP contribution in [0.15, 0.2) is 12.1 Å². The lowest BCUT2D eigenvalue weighted by Crippen LogP contribution is -2.39. The molecule has 138 valence electrons. The summed E-state index contributed by atoms with van der Waals surface area (Å²) >= 11 is 7.11. The molecular weight excluding hydrogens is 377 g/mol. The van der Waals surface area contributed by atoms with Crippen LogP contribution in [-0.4, -0.2) is 34.6 Å². The molecule has 2 N–H and O–H groups in total. The van der Waals surface area contributed by atoms with Crippen LogP contribution in [0.1, 0.15) is 26.2 Å². The molecule has 2 aromatic rings. The zero-order chi connectivity index (χ0) is 18.7. The van der Waals surface area contributed by atoms with Gasteiger partial charge in [0, 0.05) is 6.04 Å². The fourth-order valence-corrected chi connectivity index (χ4v) is 4.24. The van der Waals surface area contributed by atoms with E-state index in [0.29, 0.717) is 39.9 Å². The molecule has 1 amide bonds. The minimum absolute atomic E-state index is 0.00758. The molecule has 26 heavy (non-hydrogen) atoms. The summed E-state index contributed by atoms with van der Waals surface area (Å²) in [5.41, 5.74) is 0.677. The molecule has 1 aliphatic carbocycles. The van der Waals surface area contributed by atoms with Crippen LogP contribution in [0.5, 0.6) is 0 Å². The van der Waals surface area contributed by atoms with Gasteiger partial charge in [-0.3, -0.25) is 4.79 Å². The Morgan fingerprint density at radius 3 is 3.04 bits per heavy atom. The third kappa shape index (κ3) is 4.47. The number of amides is 1. The van der Waals surface area contributed by atoms with Crippen molar-refractivity contribution in [3.63, 3.8) is 0 Å². The van der Waals surface area contributed by atoms with Crippen LogP contribution < -0.4 is 10.6 Å². The zero-order valence-electron chi connectivity index (χ0n) is 14.2. The number of halogens is 2. The predicted molar refractivity (Wildman–Crippen MR) is 99.9 cm³/mol. The summed E-state index contributed by atoms with van der Waals surface area (Å²) in [7, 11) is 0. The largest absolute Gasteiger partial charge is 0.305 e. The molecule has 0 saturated heterocycles. The number of hydrogen-bond donors (Lipinski definition) is 2. The fraction of sp³-hybridized carbons (Fsp3) is 0.529. The van der Waals surface area contributed by atoms with Crippen molar-refractivity contribution in [1.29, 1.82) is 5.26 Å². The van der Waals surface area contributed by atoms with Crippen LogP contribution in [0.2, 0.25) is 5.15 Å². The molecule has 2 aromatic heterocycles. The van der Waals surface area contributed by atoms with Crippen molar-refractivity contribution >= 4 is 44.3 Å². The fourth-order valence-electron chi connectivity index (χ4n) is 3.19. The first-order valence-electron chi connectivity index (χ1n) is 8.46. The summed E-state index contributed by atoms with van der Waals surface area (Å²) in [4.78, 5) is 21.3. The quantitative estimate of drug-likeness (QED) is 0.610. The van der Waals surface area contributed by atoms with E-state index in [0.717, 1.165) is 0 Å². The summed E-state index contributed by atoms with van der Waals surface area (Å²) in [5.74, 6) is -0.717. The Balaban J connectivity index is 1.55. The number of pyridine rings is 1. The average molecular weight is 396 g/mol. The first kappa shape index (κ1) is 19.0. The Bertz CT molecular complexity index is 838. The molecular formula is C17H19ClFN5OS. The van der Waals surface area contributed by atoms with Crippen molar-refractivity contribution in [2.24, 2.45) is 11.8 Å². The smallest absolute Gasteiger partial charge is 0.240 e. The van der Waals surface area contributed by atoms with Crippen molar-refractivity contribution in [1.82, 2.24) is 15.3 Å². The van der Waals surface area contributed by atoms with E-state index in [-0.39, 0.29) is 24.4 Å². The van der Waals surface area contributed by atoms with Gasteiger partial charge in [-0.2, -0.15) is 5.26 Å². The number of thiazole rings is 1. The van der Waals surface area contributed by atoms with Crippen molar-refractivity contribution in [3.05, 3.63) is 17.3 Å². The van der Waals surface area contributed by atoms with E-state index in [1.165, 1.54) is 11.3 Å². The third-order valence-corrected chi connectivity index (χ3v) is 5.76. The second-order valence-corrected chi connectivity index (χ2v) is 7.92. The molecule has 4 atom stereocenters. The summed E-state index contributed by atoms with van der Waals surface area (Å²) < 4.78 is 14.0. The molecule has 3 rings (SSSR count). The van der Waals surface area contributed by atoms with E-state index < -0.39 is 12.1 Å². The second-order valence-electron chi connectivity index (χ2n) is 6.55. The van der Waals surface area contributed by atoms with Crippen LogP contribution in [0.25, 0.3) is 10.3 Å². The maximum absolute atomic E-state index is 14.0. The molecule has 0 bridgehead atoms. The van der Waals surface area contributed by atoms with Gasteiger partial charge in [0.05, 0.1) is 18.5 Å². The average Bonchev–Trinajstić information content (AvgIpc) is 2.92. The highest BCUT2D eigenvalue weighted by Crippen LogP contribution is 2.29. The Morgan fingerprint density at radius 2 is 2.27 bits per heavy atom. The predicted octanol–water partition coefficient (Wildman–Crippen LogP) is 3.54. The number of rotatable bonds is 4. The van der Waals surface area contributed by atoms with Crippen LogP contribution in [0, 0.1) is 23.2 Å². The van der Waals surface area contributed by atoms with Gasteiger partial charge in [-0.05, 0) is 37.3 Å². The standard InChI is InChI=1S/C17H19ClFN5OS/c1-9-6-11(19)10(7-20)2-3-12(9)21-8-15(25)24-17-22-13-4-5-14(18)23-16(13)26-17/h4-5,9-12,21H,2-3,6,8H2,1H3,(H,22,24,25). The third-order valence-electron chi connectivity index (χ3n) is 4.67. The number of carbonyl (C=O) groups excluding carboxylic acids is 1. The Hall–Kier alpha value is -1.82. The van der Waals surface area contributed by atoms with Gasteiger partial charge in [0.1, 0.15) is 21.7 Å². The molecule has 4 unspecified atom stereocenters. The summed E-state index contributed by atoms with van der Waals surface area (Å²) in [6.45, 7) is 2.05. The Labute approximate surface area is 159 Å². The maximum Gasteiger partial charge on any atom is 0.240 e. The molecule has 0 radical (unpaired) electrons. The molecule has 1 aliphatic rings. The van der Waals surface area contributed by atoms with Crippen molar-refractivity contribution in [3.8, 4) is 6.07 Å². The highest BCUT2D eigenvalue weighted by molar-refractivity contribution is 7.22. The summed E-state index contributed by atoms with van der Waals surface area (Å²) in [6.07, 6.45) is 0.419. The number of hydrogen-bond acceptors (Lipinski definition) is 6. The lowest BCUT2D eigenvalue weighted by molar-refractivity contribution is -0.115. The van der Waals surface area contributed by atoms with Gasteiger partial charge in [0.25, 0.3) is 0 Å². The van der Waals surface area contributed by atoms with E-state index in [1.807, 2.05) is 13.0 Å². The molecule has 0 aliphatic heterocycles. The van der Waals surface area contributed by atoms with E-state index >= 15 is 0 Å². The topological polar surface area (TPSA) is 90.7 Å². The molecule has 0 spiro atoms. The number of aromatic nitrogens is 2. The van der Waals surface area contributed by atoms with Gasteiger partial charge in [-0.25, -0.2) is 14.4 Å². The number of nitrogens with one attached hydrogen (secondary N) is 2. The first-order valence-corrected chi connectivity index (χ1v) is 9.65. The number of fused-ring (bicyclic) bond motifs is 1. The van der Waals surface area contributed by atoms with E-state index in [4.69, 9.17) is 16.9 Å². The maximum atomic E-state index is 14.0. The first-order chi connectivity index (χ1) is 12.5. The molecule has 6 nitrogen and oxygen atoms in total. The SMILES string of the molecule is CC1CC(F)C(C#N)CCC1NCC(=O)Nc1nc2ccc(Cl)nc2s1. The molecule has 1 saturated carbocycles. The molecule has 1 fully saturated rings. The minimum atomic E-state index is -1.10. The van der Waals surface area contributed by atoms with Crippen LogP contribution >= 0.6 is 22.9 Å². The Kier molecular flexibility index (Phi) is 6.01. The van der Waals surface area contributed by atoms with Crippen LogP contribution in [0.3, 0.4) is 0 Å². The van der Waals surface area contributed by atoms with Gasteiger partial charge >= 0.3 is 0 Å². The normalized spacial score (nSPS) is 26.2. The van der Waals surface area contributed by atoms with Crippen LogP contribution in [0.4, 0.5) is 9.52 Å². The van der Waals surface area contributed by atoms with Gasteiger partial charge < -0.3 is 10.6 Å². The number of nitrogens with zero attached hydrogens (tertiary/aromatic N) is 3. The van der Waals surface area contributed by atoms with Crippen molar-refractivity contribution in [2.45, 2.75) is 38.4 Å². The molecule has 0 aromatic carbocycles. The monoisotopic (exact) mass is 395 g/mol.